The summed E-state index contributed by atoms with van der Waals surface area (Å²) in [6.07, 6.45) is 1.13. The zero-order chi connectivity index (χ0) is 11.5. The van der Waals surface area contributed by atoms with Crippen LogP contribution in [0.3, 0.4) is 0 Å². The van der Waals surface area contributed by atoms with Crippen LogP contribution in [0.2, 0.25) is 0 Å². The molecule has 0 aromatic heterocycles. The molecule has 1 aliphatic rings. The van der Waals surface area contributed by atoms with Crippen molar-refractivity contribution in [2.45, 2.75) is 20.3 Å². The standard InChI is InChI=1S/C13H18N2O/c1-3-8-14-10-15(9-11(2)16)13-7-5-4-6-12(13)14/h4-7H,3,8-10H2,1-2H3. The topological polar surface area (TPSA) is 23.6 Å². The van der Waals surface area contributed by atoms with E-state index in [9.17, 15) is 4.79 Å². The van der Waals surface area contributed by atoms with E-state index in [2.05, 4.69) is 34.9 Å². The number of benzene rings is 1. The second-order valence-electron chi connectivity index (χ2n) is 4.29. The number of carbonyl (C=O) groups is 1. The third-order valence-electron chi connectivity index (χ3n) is 2.81. The van der Waals surface area contributed by atoms with Crippen LogP contribution in [0.25, 0.3) is 0 Å². The summed E-state index contributed by atoms with van der Waals surface area (Å²) < 4.78 is 0. The minimum Gasteiger partial charge on any atom is -0.352 e. The summed E-state index contributed by atoms with van der Waals surface area (Å²) in [6.45, 7) is 6.22. The second-order valence-corrected chi connectivity index (χ2v) is 4.29. The summed E-state index contributed by atoms with van der Waals surface area (Å²) in [5, 5.41) is 0. The van der Waals surface area contributed by atoms with Gasteiger partial charge in [0.2, 0.25) is 0 Å². The van der Waals surface area contributed by atoms with Crippen LogP contribution in [-0.2, 0) is 4.79 Å². The van der Waals surface area contributed by atoms with Crippen molar-refractivity contribution in [2.75, 3.05) is 29.6 Å². The summed E-state index contributed by atoms with van der Waals surface area (Å²) in [4.78, 5) is 15.7. The minimum atomic E-state index is 0.216. The van der Waals surface area contributed by atoms with E-state index in [0.717, 1.165) is 19.6 Å². The first-order chi connectivity index (χ1) is 7.72. The van der Waals surface area contributed by atoms with Crippen molar-refractivity contribution in [1.82, 2.24) is 0 Å². The van der Waals surface area contributed by atoms with Gasteiger partial charge in [-0.1, -0.05) is 19.1 Å². The third kappa shape index (κ3) is 2.03. The number of anilines is 2. The first-order valence-corrected chi connectivity index (χ1v) is 5.80. The number of nitrogens with zero attached hydrogens (tertiary/aromatic N) is 2. The molecule has 0 atom stereocenters. The van der Waals surface area contributed by atoms with Crippen LogP contribution < -0.4 is 9.80 Å². The molecule has 0 N–H and O–H groups in total. The molecule has 1 aliphatic heterocycles. The van der Waals surface area contributed by atoms with Gasteiger partial charge in [0.25, 0.3) is 0 Å². The molecule has 1 aromatic rings. The lowest BCUT2D eigenvalue weighted by Crippen LogP contribution is -2.34. The Morgan fingerprint density at radius 3 is 2.44 bits per heavy atom. The fraction of sp³-hybridized carbons (Fsp3) is 0.462. The number of hydrogen-bond donors (Lipinski definition) is 0. The number of para-hydroxylation sites is 2. The van der Waals surface area contributed by atoms with E-state index < -0.39 is 0 Å². The first kappa shape index (κ1) is 11.0. The number of ketones is 1. The molecule has 3 nitrogen and oxygen atoms in total. The summed E-state index contributed by atoms with van der Waals surface area (Å²) in [5.74, 6) is 0.216. The lowest BCUT2D eigenvalue weighted by atomic mass is 10.2. The van der Waals surface area contributed by atoms with Gasteiger partial charge in [0, 0.05) is 6.54 Å². The van der Waals surface area contributed by atoms with Crippen LogP contribution in [0.15, 0.2) is 24.3 Å². The summed E-state index contributed by atoms with van der Waals surface area (Å²) in [7, 11) is 0. The van der Waals surface area contributed by atoms with E-state index >= 15 is 0 Å². The Morgan fingerprint density at radius 2 is 1.88 bits per heavy atom. The average molecular weight is 218 g/mol. The summed E-state index contributed by atoms with van der Waals surface area (Å²) in [5.41, 5.74) is 2.44. The fourth-order valence-corrected chi connectivity index (χ4v) is 2.22. The Kier molecular flexibility index (Phi) is 3.13. The molecule has 0 aliphatic carbocycles. The Morgan fingerprint density at radius 1 is 1.25 bits per heavy atom. The maximum absolute atomic E-state index is 11.2. The van der Waals surface area contributed by atoms with Gasteiger partial charge in [0.05, 0.1) is 24.6 Å². The number of hydrogen-bond acceptors (Lipinski definition) is 3. The van der Waals surface area contributed by atoms with Crippen LogP contribution in [0.5, 0.6) is 0 Å². The minimum absolute atomic E-state index is 0.216. The van der Waals surface area contributed by atoms with Crippen LogP contribution in [0.4, 0.5) is 11.4 Å². The smallest absolute Gasteiger partial charge is 0.149 e. The molecule has 0 unspecified atom stereocenters. The van der Waals surface area contributed by atoms with Gasteiger partial charge in [-0.3, -0.25) is 4.79 Å². The molecule has 2 rings (SSSR count). The predicted octanol–water partition coefficient (Wildman–Crippen LogP) is 2.27. The lowest BCUT2D eigenvalue weighted by molar-refractivity contribution is -0.115. The van der Waals surface area contributed by atoms with E-state index in [4.69, 9.17) is 0 Å². The molecule has 1 aromatic carbocycles. The maximum atomic E-state index is 11.2. The predicted molar refractivity (Wildman–Crippen MR) is 67.0 cm³/mol. The number of Topliss-reactive ketones (excluding diaryl/α,β-unsaturated/α-hetero) is 1. The van der Waals surface area contributed by atoms with Gasteiger partial charge in [-0.15, -0.1) is 0 Å². The van der Waals surface area contributed by atoms with Crippen LogP contribution in [-0.4, -0.2) is 25.5 Å². The van der Waals surface area contributed by atoms with Crippen molar-refractivity contribution in [3.05, 3.63) is 24.3 Å². The zero-order valence-corrected chi connectivity index (χ0v) is 9.94. The van der Waals surface area contributed by atoms with Crippen LogP contribution in [0, 0.1) is 0 Å². The van der Waals surface area contributed by atoms with Crippen molar-refractivity contribution < 1.29 is 4.79 Å². The summed E-state index contributed by atoms with van der Waals surface area (Å²) >= 11 is 0. The fourth-order valence-electron chi connectivity index (χ4n) is 2.22. The van der Waals surface area contributed by atoms with Crippen molar-refractivity contribution in [3.8, 4) is 0 Å². The van der Waals surface area contributed by atoms with Gasteiger partial charge < -0.3 is 9.80 Å². The van der Waals surface area contributed by atoms with Gasteiger partial charge in [0.15, 0.2) is 0 Å². The second kappa shape index (κ2) is 4.56. The highest BCUT2D eigenvalue weighted by Crippen LogP contribution is 2.35. The highest BCUT2D eigenvalue weighted by atomic mass is 16.1. The molecule has 0 saturated heterocycles. The Balaban J connectivity index is 2.24. The largest absolute Gasteiger partial charge is 0.352 e. The number of carbonyl (C=O) groups excluding carboxylic acids is 1. The molecule has 3 heteroatoms. The van der Waals surface area contributed by atoms with Crippen molar-refractivity contribution in [1.29, 1.82) is 0 Å². The van der Waals surface area contributed by atoms with Gasteiger partial charge >= 0.3 is 0 Å². The Labute approximate surface area is 96.7 Å². The first-order valence-electron chi connectivity index (χ1n) is 5.80. The van der Waals surface area contributed by atoms with E-state index in [1.807, 2.05) is 6.07 Å². The van der Waals surface area contributed by atoms with Gasteiger partial charge in [0.1, 0.15) is 5.78 Å². The highest BCUT2D eigenvalue weighted by Gasteiger charge is 2.24. The molecular weight excluding hydrogens is 200 g/mol. The number of rotatable bonds is 4. The summed E-state index contributed by atoms with van der Waals surface area (Å²) in [6, 6.07) is 8.30. The van der Waals surface area contributed by atoms with E-state index in [-0.39, 0.29) is 5.78 Å². The van der Waals surface area contributed by atoms with Gasteiger partial charge in [-0.25, -0.2) is 0 Å². The van der Waals surface area contributed by atoms with Crippen molar-refractivity contribution in [3.63, 3.8) is 0 Å². The molecule has 86 valence electrons. The Bertz CT molecular complexity index is 389. The molecular formula is C13H18N2O. The highest BCUT2D eigenvalue weighted by molar-refractivity contribution is 5.85. The average Bonchev–Trinajstić information content (AvgIpc) is 2.58. The lowest BCUT2D eigenvalue weighted by Gasteiger charge is -2.20. The van der Waals surface area contributed by atoms with Gasteiger partial charge in [-0.2, -0.15) is 0 Å². The van der Waals surface area contributed by atoms with Gasteiger partial charge in [-0.05, 0) is 25.5 Å². The molecule has 0 fully saturated rings. The SMILES string of the molecule is CCCN1CN(CC(C)=O)c2ccccc21. The van der Waals surface area contributed by atoms with Crippen molar-refractivity contribution >= 4 is 17.2 Å². The van der Waals surface area contributed by atoms with E-state index in [1.54, 1.807) is 6.92 Å². The normalized spacial score (nSPS) is 14.1. The molecule has 0 amide bonds. The van der Waals surface area contributed by atoms with Crippen LogP contribution >= 0.6 is 0 Å². The van der Waals surface area contributed by atoms with E-state index in [1.165, 1.54) is 11.4 Å². The molecule has 0 saturated carbocycles. The molecule has 0 spiro atoms. The monoisotopic (exact) mass is 218 g/mol. The zero-order valence-electron chi connectivity index (χ0n) is 9.94. The molecule has 1 heterocycles. The van der Waals surface area contributed by atoms with Crippen molar-refractivity contribution in [2.24, 2.45) is 0 Å². The quantitative estimate of drug-likeness (QED) is 0.774. The molecule has 16 heavy (non-hydrogen) atoms. The molecule has 0 radical (unpaired) electrons. The third-order valence-corrected chi connectivity index (χ3v) is 2.81. The maximum Gasteiger partial charge on any atom is 0.149 e. The Hall–Kier alpha value is -1.51. The van der Waals surface area contributed by atoms with Crippen LogP contribution in [0.1, 0.15) is 20.3 Å². The molecule has 0 bridgehead atoms. The van der Waals surface area contributed by atoms with E-state index in [0.29, 0.717) is 6.54 Å². The number of fused-ring (bicyclic) bond motifs is 1.